The van der Waals surface area contributed by atoms with Crippen molar-refractivity contribution in [3.05, 3.63) is 35.3 Å². The molecule has 0 spiro atoms. The highest BCUT2D eigenvalue weighted by Gasteiger charge is 2.35. The third kappa shape index (κ3) is 3.10. The summed E-state index contributed by atoms with van der Waals surface area (Å²) in [4.78, 5) is 13.0. The molecule has 2 heterocycles. The number of hydrogen-bond donors (Lipinski definition) is 2. The quantitative estimate of drug-likeness (QED) is 0.846. The molecule has 0 bridgehead atoms. The smallest absolute Gasteiger partial charge is 0.364 e. The van der Waals surface area contributed by atoms with E-state index in [9.17, 15) is 13.2 Å². The lowest BCUT2D eigenvalue weighted by Gasteiger charge is -2.08. The van der Waals surface area contributed by atoms with E-state index in [0.29, 0.717) is 5.69 Å². The number of anilines is 1. The first-order valence-corrected chi connectivity index (χ1v) is 5.16. The van der Waals surface area contributed by atoms with Crippen molar-refractivity contribution in [3.63, 3.8) is 0 Å². The van der Waals surface area contributed by atoms with E-state index in [0.717, 1.165) is 0 Å². The Bertz CT molecular complexity index is 525. The molecule has 0 atom stereocenters. The number of nitrogens with zero attached hydrogens (tertiary/aromatic N) is 3. The minimum atomic E-state index is -4.63. The van der Waals surface area contributed by atoms with Gasteiger partial charge in [0.15, 0.2) is 0 Å². The highest BCUT2D eigenvalue weighted by molar-refractivity contribution is 6.29. The molecule has 0 aromatic carbocycles. The van der Waals surface area contributed by atoms with Crippen LogP contribution < -0.4 is 5.32 Å². The number of alkyl halides is 3. The molecule has 2 N–H and O–H groups in total. The molecule has 0 aliphatic heterocycles. The van der Waals surface area contributed by atoms with Crippen molar-refractivity contribution in [3.8, 4) is 0 Å². The molecule has 0 saturated carbocycles. The molecule has 2 aromatic rings. The summed E-state index contributed by atoms with van der Waals surface area (Å²) in [5.74, 6) is -1.28. The van der Waals surface area contributed by atoms with Gasteiger partial charge in [0.1, 0.15) is 11.0 Å². The number of halogens is 4. The first-order valence-electron chi connectivity index (χ1n) is 4.78. The Morgan fingerprint density at radius 3 is 2.72 bits per heavy atom. The number of aromatic nitrogens is 4. The van der Waals surface area contributed by atoms with Crippen LogP contribution in [0.5, 0.6) is 0 Å². The fraction of sp³-hybridized carbons (Fsp3) is 0.222. The number of imidazole rings is 1. The van der Waals surface area contributed by atoms with Gasteiger partial charge in [-0.1, -0.05) is 11.6 Å². The van der Waals surface area contributed by atoms with Crippen molar-refractivity contribution in [2.45, 2.75) is 12.7 Å². The molecule has 5 nitrogen and oxygen atoms in total. The predicted octanol–water partition coefficient (Wildman–Crippen LogP) is 2.48. The second-order valence-corrected chi connectivity index (χ2v) is 3.71. The maximum Gasteiger partial charge on any atom is 0.451 e. The molecular weight excluding hydrogens is 271 g/mol. The van der Waals surface area contributed by atoms with E-state index in [1.54, 1.807) is 6.20 Å². The van der Waals surface area contributed by atoms with Crippen LogP contribution in [0.3, 0.4) is 0 Å². The van der Waals surface area contributed by atoms with E-state index < -0.39 is 12.0 Å². The molecule has 0 amide bonds. The zero-order valence-corrected chi connectivity index (χ0v) is 9.55. The van der Waals surface area contributed by atoms with Gasteiger partial charge < -0.3 is 10.3 Å². The number of nitrogens with one attached hydrogen (secondary N) is 2. The highest BCUT2D eigenvalue weighted by Crippen LogP contribution is 2.28. The summed E-state index contributed by atoms with van der Waals surface area (Å²) >= 11 is 5.51. The van der Waals surface area contributed by atoms with Crippen molar-refractivity contribution in [2.75, 3.05) is 5.32 Å². The fourth-order valence-electron chi connectivity index (χ4n) is 1.20. The van der Waals surface area contributed by atoms with Crippen molar-refractivity contribution < 1.29 is 13.2 Å². The Morgan fingerprint density at radius 2 is 2.11 bits per heavy atom. The minimum absolute atomic E-state index is 0.00285. The molecule has 0 saturated heterocycles. The van der Waals surface area contributed by atoms with Crippen LogP contribution in [0.1, 0.15) is 11.5 Å². The summed E-state index contributed by atoms with van der Waals surface area (Å²) in [7, 11) is 0. The third-order valence-electron chi connectivity index (χ3n) is 1.96. The lowest BCUT2D eigenvalue weighted by Crippen LogP contribution is -2.13. The number of H-pyrrole nitrogens is 1. The van der Waals surface area contributed by atoms with Gasteiger partial charge in [-0.25, -0.2) is 15.0 Å². The molecular formula is C9H7ClF3N5. The molecule has 0 aliphatic carbocycles. The molecule has 18 heavy (non-hydrogen) atoms. The molecule has 2 rings (SSSR count). The van der Waals surface area contributed by atoms with Gasteiger partial charge in [-0.2, -0.15) is 13.2 Å². The van der Waals surface area contributed by atoms with Crippen LogP contribution in [-0.4, -0.2) is 19.9 Å². The minimum Gasteiger partial charge on any atom is -0.364 e. The topological polar surface area (TPSA) is 66.5 Å². The van der Waals surface area contributed by atoms with E-state index in [1.165, 1.54) is 12.4 Å². The van der Waals surface area contributed by atoms with Gasteiger partial charge in [0.05, 0.1) is 18.6 Å². The summed E-state index contributed by atoms with van der Waals surface area (Å²) in [5.41, 5.74) is 0.707. The molecule has 9 heteroatoms. The van der Waals surface area contributed by atoms with Gasteiger partial charge in [0, 0.05) is 12.3 Å². The van der Waals surface area contributed by atoms with Crippen molar-refractivity contribution >= 4 is 17.4 Å². The van der Waals surface area contributed by atoms with Gasteiger partial charge in [-0.05, 0) is 0 Å². The lowest BCUT2D eigenvalue weighted by molar-refractivity contribution is -0.144. The van der Waals surface area contributed by atoms with Crippen LogP contribution in [0.4, 0.5) is 19.0 Å². The molecule has 0 fully saturated rings. The van der Waals surface area contributed by atoms with Crippen LogP contribution in [0.2, 0.25) is 5.15 Å². The number of hydrogen-bond acceptors (Lipinski definition) is 4. The third-order valence-corrected chi connectivity index (χ3v) is 2.16. The maximum atomic E-state index is 12.4. The first kappa shape index (κ1) is 12.6. The average Bonchev–Trinajstić information content (AvgIpc) is 2.77. The summed E-state index contributed by atoms with van der Waals surface area (Å²) < 4.78 is 37.3. The standard InChI is InChI=1S/C9H7ClF3N5/c10-6-1-7(15-3-5-2-14-4-16-5)18-8(17-6)9(11,12)13/h1-2,4H,3H2,(H,14,16)(H,15,17,18). The summed E-state index contributed by atoms with van der Waals surface area (Å²) in [6, 6.07) is 1.22. The van der Waals surface area contributed by atoms with E-state index in [-0.39, 0.29) is 17.5 Å². The number of aromatic amines is 1. The molecule has 0 radical (unpaired) electrons. The Balaban J connectivity index is 2.15. The monoisotopic (exact) mass is 277 g/mol. The van der Waals surface area contributed by atoms with Crippen LogP contribution in [0.15, 0.2) is 18.6 Å². The zero-order chi connectivity index (χ0) is 13.2. The average molecular weight is 278 g/mol. The molecule has 2 aromatic heterocycles. The molecule has 96 valence electrons. The van der Waals surface area contributed by atoms with Crippen LogP contribution in [-0.2, 0) is 12.7 Å². The number of rotatable bonds is 3. The van der Waals surface area contributed by atoms with E-state index in [4.69, 9.17) is 11.6 Å². The van der Waals surface area contributed by atoms with Gasteiger partial charge in [-0.3, -0.25) is 0 Å². The first-order chi connectivity index (χ1) is 8.45. The predicted molar refractivity (Wildman–Crippen MR) is 58.0 cm³/mol. The van der Waals surface area contributed by atoms with Gasteiger partial charge >= 0.3 is 6.18 Å². The Morgan fingerprint density at radius 1 is 1.33 bits per heavy atom. The van der Waals surface area contributed by atoms with Crippen molar-refractivity contribution in [1.82, 2.24) is 19.9 Å². The van der Waals surface area contributed by atoms with Gasteiger partial charge in [0.2, 0.25) is 5.82 Å². The highest BCUT2D eigenvalue weighted by atomic mass is 35.5. The fourth-order valence-corrected chi connectivity index (χ4v) is 1.39. The van der Waals surface area contributed by atoms with E-state index in [2.05, 4.69) is 25.3 Å². The van der Waals surface area contributed by atoms with Gasteiger partial charge in [0.25, 0.3) is 0 Å². The van der Waals surface area contributed by atoms with Crippen LogP contribution in [0, 0.1) is 0 Å². The Labute approximate surface area is 104 Å². The molecule has 0 aliphatic rings. The van der Waals surface area contributed by atoms with E-state index >= 15 is 0 Å². The Kier molecular flexibility index (Phi) is 3.37. The Hall–Kier alpha value is -1.83. The summed E-state index contributed by atoms with van der Waals surface area (Å²) in [5, 5.41) is 2.42. The normalized spacial score (nSPS) is 11.6. The van der Waals surface area contributed by atoms with Crippen LogP contribution >= 0.6 is 11.6 Å². The largest absolute Gasteiger partial charge is 0.451 e. The van der Waals surface area contributed by atoms with Crippen molar-refractivity contribution in [1.29, 1.82) is 0 Å². The molecule has 0 unspecified atom stereocenters. The SMILES string of the molecule is FC(F)(F)c1nc(Cl)cc(NCc2cnc[nH]2)n1. The second-order valence-electron chi connectivity index (χ2n) is 3.33. The lowest BCUT2D eigenvalue weighted by atomic mass is 10.4. The van der Waals surface area contributed by atoms with Crippen LogP contribution in [0.25, 0.3) is 0 Å². The van der Waals surface area contributed by atoms with E-state index in [1.807, 2.05) is 0 Å². The summed E-state index contributed by atoms with van der Waals surface area (Å²) in [6.07, 6.45) is -1.62. The van der Waals surface area contributed by atoms with Crippen molar-refractivity contribution in [2.24, 2.45) is 0 Å². The van der Waals surface area contributed by atoms with Gasteiger partial charge in [-0.15, -0.1) is 0 Å². The summed E-state index contributed by atoms with van der Waals surface area (Å²) in [6.45, 7) is 0.255. The maximum absolute atomic E-state index is 12.4. The zero-order valence-electron chi connectivity index (χ0n) is 8.79. The second kappa shape index (κ2) is 4.81.